The standard InChI is InChI=1S/C16H19NO2/c1-19-15-9-6-11-4-2-3-5-13(11)16(15)14(10-18)17-12-7-8-12/h2-6,9,12,14,17-18H,7-8,10H2,1H3. The summed E-state index contributed by atoms with van der Waals surface area (Å²) in [6.45, 7) is 0.0842. The van der Waals surface area contributed by atoms with Gasteiger partial charge in [-0.25, -0.2) is 0 Å². The first kappa shape index (κ1) is 12.5. The summed E-state index contributed by atoms with van der Waals surface area (Å²) in [7, 11) is 1.68. The first-order chi connectivity index (χ1) is 9.33. The summed E-state index contributed by atoms with van der Waals surface area (Å²) >= 11 is 0. The molecule has 0 spiro atoms. The number of benzene rings is 2. The molecule has 2 aromatic carbocycles. The molecule has 0 bridgehead atoms. The van der Waals surface area contributed by atoms with Crippen LogP contribution in [-0.2, 0) is 0 Å². The number of methoxy groups -OCH3 is 1. The SMILES string of the molecule is COc1ccc2ccccc2c1C(CO)NC1CC1. The van der Waals surface area contributed by atoms with Crippen LogP contribution < -0.4 is 10.1 Å². The quantitative estimate of drug-likeness (QED) is 0.865. The number of aliphatic hydroxyl groups excluding tert-OH is 1. The molecule has 2 N–H and O–H groups in total. The van der Waals surface area contributed by atoms with Gasteiger partial charge in [0.05, 0.1) is 19.8 Å². The zero-order valence-electron chi connectivity index (χ0n) is 11.1. The summed E-state index contributed by atoms with van der Waals surface area (Å²) < 4.78 is 5.49. The van der Waals surface area contributed by atoms with Crippen molar-refractivity contribution in [3.8, 4) is 5.75 Å². The molecule has 3 heteroatoms. The Hall–Kier alpha value is -1.58. The van der Waals surface area contributed by atoms with Crippen molar-refractivity contribution in [2.75, 3.05) is 13.7 Å². The van der Waals surface area contributed by atoms with Crippen LogP contribution in [0.1, 0.15) is 24.4 Å². The van der Waals surface area contributed by atoms with Crippen molar-refractivity contribution in [2.24, 2.45) is 0 Å². The molecule has 0 radical (unpaired) electrons. The van der Waals surface area contributed by atoms with Crippen LogP contribution in [0.4, 0.5) is 0 Å². The third kappa shape index (κ3) is 2.44. The molecule has 100 valence electrons. The predicted octanol–water partition coefficient (Wildman–Crippen LogP) is 2.63. The number of rotatable bonds is 5. The van der Waals surface area contributed by atoms with Crippen LogP contribution in [0, 0.1) is 0 Å². The van der Waals surface area contributed by atoms with E-state index in [-0.39, 0.29) is 12.6 Å². The molecule has 1 atom stereocenters. The summed E-state index contributed by atoms with van der Waals surface area (Å²) in [6.07, 6.45) is 2.40. The number of aliphatic hydroxyl groups is 1. The van der Waals surface area contributed by atoms with Crippen molar-refractivity contribution in [2.45, 2.75) is 24.9 Å². The van der Waals surface area contributed by atoms with Crippen molar-refractivity contribution in [1.82, 2.24) is 5.32 Å². The number of fused-ring (bicyclic) bond motifs is 1. The van der Waals surface area contributed by atoms with Crippen LogP contribution in [0.25, 0.3) is 10.8 Å². The Balaban J connectivity index is 2.11. The van der Waals surface area contributed by atoms with Crippen molar-refractivity contribution in [3.05, 3.63) is 42.0 Å². The second-order valence-electron chi connectivity index (χ2n) is 5.08. The maximum absolute atomic E-state index is 9.72. The topological polar surface area (TPSA) is 41.5 Å². The van der Waals surface area contributed by atoms with Gasteiger partial charge < -0.3 is 15.2 Å². The lowest BCUT2D eigenvalue weighted by atomic mass is 9.97. The van der Waals surface area contributed by atoms with Gasteiger partial charge in [-0.2, -0.15) is 0 Å². The fraction of sp³-hybridized carbons (Fsp3) is 0.375. The van der Waals surface area contributed by atoms with Gasteiger partial charge in [0.15, 0.2) is 0 Å². The van der Waals surface area contributed by atoms with Crippen molar-refractivity contribution >= 4 is 10.8 Å². The molecule has 1 unspecified atom stereocenters. The number of nitrogens with one attached hydrogen (secondary N) is 1. The van der Waals surface area contributed by atoms with E-state index in [0.717, 1.165) is 16.7 Å². The molecule has 0 saturated heterocycles. The third-order valence-electron chi connectivity index (χ3n) is 3.70. The minimum absolute atomic E-state index is 0.0615. The molecule has 1 aliphatic carbocycles. The van der Waals surface area contributed by atoms with E-state index in [9.17, 15) is 5.11 Å². The highest BCUT2D eigenvalue weighted by atomic mass is 16.5. The maximum atomic E-state index is 9.72. The molecule has 1 fully saturated rings. The van der Waals surface area contributed by atoms with Gasteiger partial charge in [0.1, 0.15) is 5.75 Å². The Morgan fingerprint density at radius 3 is 2.74 bits per heavy atom. The molecule has 0 aromatic heterocycles. The molecule has 19 heavy (non-hydrogen) atoms. The highest BCUT2D eigenvalue weighted by Crippen LogP contribution is 2.34. The Kier molecular flexibility index (Phi) is 3.40. The van der Waals surface area contributed by atoms with Gasteiger partial charge in [-0.3, -0.25) is 0 Å². The van der Waals surface area contributed by atoms with E-state index in [2.05, 4.69) is 23.5 Å². The van der Waals surface area contributed by atoms with E-state index >= 15 is 0 Å². The molecule has 0 aliphatic heterocycles. The monoisotopic (exact) mass is 257 g/mol. The summed E-state index contributed by atoms with van der Waals surface area (Å²) in [5, 5.41) is 15.5. The van der Waals surface area contributed by atoms with Crippen LogP contribution in [0.15, 0.2) is 36.4 Å². The summed E-state index contributed by atoms with van der Waals surface area (Å²) in [5.74, 6) is 0.839. The molecule has 3 nitrogen and oxygen atoms in total. The van der Waals surface area contributed by atoms with E-state index in [1.54, 1.807) is 7.11 Å². The zero-order chi connectivity index (χ0) is 13.2. The maximum Gasteiger partial charge on any atom is 0.124 e. The van der Waals surface area contributed by atoms with Crippen LogP contribution >= 0.6 is 0 Å². The van der Waals surface area contributed by atoms with Crippen LogP contribution in [0.2, 0.25) is 0 Å². The van der Waals surface area contributed by atoms with Gasteiger partial charge in [0.2, 0.25) is 0 Å². The molecule has 3 rings (SSSR count). The van der Waals surface area contributed by atoms with E-state index in [4.69, 9.17) is 4.74 Å². The van der Waals surface area contributed by atoms with Gasteiger partial charge in [-0.15, -0.1) is 0 Å². The lowest BCUT2D eigenvalue weighted by Gasteiger charge is -2.21. The number of hydrogen-bond acceptors (Lipinski definition) is 3. The Morgan fingerprint density at radius 1 is 1.26 bits per heavy atom. The molecule has 0 heterocycles. The third-order valence-corrected chi connectivity index (χ3v) is 3.70. The molecule has 0 amide bonds. The first-order valence-corrected chi connectivity index (χ1v) is 6.76. The largest absolute Gasteiger partial charge is 0.496 e. The fourth-order valence-corrected chi connectivity index (χ4v) is 2.57. The van der Waals surface area contributed by atoms with Crippen LogP contribution in [-0.4, -0.2) is 24.9 Å². The minimum Gasteiger partial charge on any atom is -0.496 e. The van der Waals surface area contributed by atoms with Crippen molar-refractivity contribution < 1.29 is 9.84 Å². The molecule has 2 aromatic rings. The lowest BCUT2D eigenvalue weighted by Crippen LogP contribution is -2.27. The van der Waals surface area contributed by atoms with E-state index in [0.29, 0.717) is 6.04 Å². The number of hydrogen-bond donors (Lipinski definition) is 2. The van der Waals surface area contributed by atoms with Crippen LogP contribution in [0.5, 0.6) is 5.75 Å². The smallest absolute Gasteiger partial charge is 0.124 e. The summed E-state index contributed by atoms with van der Waals surface area (Å²) in [5.41, 5.74) is 1.06. The zero-order valence-corrected chi connectivity index (χ0v) is 11.1. The van der Waals surface area contributed by atoms with E-state index in [1.807, 2.05) is 18.2 Å². The fourth-order valence-electron chi connectivity index (χ4n) is 2.57. The van der Waals surface area contributed by atoms with Crippen molar-refractivity contribution in [3.63, 3.8) is 0 Å². The van der Waals surface area contributed by atoms with Gasteiger partial charge in [0, 0.05) is 11.6 Å². The van der Waals surface area contributed by atoms with Crippen LogP contribution in [0.3, 0.4) is 0 Å². The first-order valence-electron chi connectivity index (χ1n) is 6.76. The highest BCUT2D eigenvalue weighted by molar-refractivity contribution is 5.88. The highest BCUT2D eigenvalue weighted by Gasteiger charge is 2.27. The Bertz CT molecular complexity index is 578. The summed E-state index contributed by atoms with van der Waals surface area (Å²) in [6, 6.07) is 12.7. The van der Waals surface area contributed by atoms with E-state index < -0.39 is 0 Å². The minimum atomic E-state index is -0.0615. The normalized spacial score (nSPS) is 16.5. The second-order valence-corrected chi connectivity index (χ2v) is 5.08. The van der Waals surface area contributed by atoms with Gasteiger partial charge in [-0.1, -0.05) is 30.3 Å². The molecular weight excluding hydrogens is 238 g/mol. The predicted molar refractivity (Wildman–Crippen MR) is 76.5 cm³/mol. The van der Waals surface area contributed by atoms with Gasteiger partial charge in [-0.05, 0) is 29.7 Å². The van der Waals surface area contributed by atoms with E-state index in [1.165, 1.54) is 18.2 Å². The lowest BCUT2D eigenvalue weighted by molar-refractivity contribution is 0.241. The average Bonchev–Trinajstić information content (AvgIpc) is 3.27. The molecule has 1 saturated carbocycles. The summed E-state index contributed by atoms with van der Waals surface area (Å²) in [4.78, 5) is 0. The molecular formula is C16H19NO2. The average molecular weight is 257 g/mol. The number of ether oxygens (including phenoxy) is 1. The molecule has 1 aliphatic rings. The Labute approximate surface area is 113 Å². The van der Waals surface area contributed by atoms with Crippen molar-refractivity contribution in [1.29, 1.82) is 0 Å². The second kappa shape index (κ2) is 5.19. The van der Waals surface area contributed by atoms with Gasteiger partial charge >= 0.3 is 0 Å². The Morgan fingerprint density at radius 2 is 2.05 bits per heavy atom. The van der Waals surface area contributed by atoms with Gasteiger partial charge in [0.25, 0.3) is 0 Å².